The van der Waals surface area contributed by atoms with Gasteiger partial charge in [0, 0.05) is 6.54 Å². The number of rotatable bonds is 3. The van der Waals surface area contributed by atoms with E-state index in [9.17, 15) is 4.79 Å². The van der Waals surface area contributed by atoms with E-state index in [1.54, 1.807) is 0 Å². The van der Waals surface area contributed by atoms with Crippen LogP contribution in [-0.4, -0.2) is 18.6 Å². The largest absolute Gasteiger partial charge is 0.462 e. The molecule has 2 N–H and O–H groups in total. The van der Waals surface area contributed by atoms with E-state index in [1.165, 1.54) is 6.42 Å². The van der Waals surface area contributed by atoms with Gasteiger partial charge in [0.2, 0.25) is 0 Å². The Hall–Kier alpha value is -0.570. The molecule has 0 aliphatic heterocycles. The van der Waals surface area contributed by atoms with E-state index >= 15 is 0 Å². The number of hydrogen-bond acceptors (Lipinski definition) is 3. The Balaban J connectivity index is 2.18. The van der Waals surface area contributed by atoms with Crippen molar-refractivity contribution in [2.45, 2.75) is 38.7 Å². The molecule has 0 aromatic rings. The molecule has 0 aromatic heterocycles. The maximum absolute atomic E-state index is 11.0. The number of ether oxygens (including phenoxy) is 1. The molecule has 3 nitrogen and oxygen atoms in total. The van der Waals surface area contributed by atoms with Gasteiger partial charge in [-0.25, -0.2) is 0 Å². The van der Waals surface area contributed by atoms with Crippen molar-refractivity contribution in [2.24, 2.45) is 11.7 Å². The number of carbonyl (C=O) groups is 1. The molecule has 1 saturated carbocycles. The summed E-state index contributed by atoms with van der Waals surface area (Å²) in [7, 11) is 0. The fraction of sp³-hybridized carbons (Fsp3) is 0.889. The maximum Gasteiger partial charge on any atom is 0.307 e. The molecule has 1 fully saturated rings. The SMILES string of the molecule is CC1CCC(OC(=O)CCN)C1. The van der Waals surface area contributed by atoms with E-state index in [0.29, 0.717) is 18.9 Å². The minimum Gasteiger partial charge on any atom is -0.462 e. The molecule has 0 saturated heterocycles. The average Bonchev–Trinajstić information content (AvgIpc) is 2.36. The van der Waals surface area contributed by atoms with Gasteiger partial charge in [0.05, 0.1) is 6.42 Å². The lowest BCUT2D eigenvalue weighted by molar-refractivity contribution is -0.148. The summed E-state index contributed by atoms with van der Waals surface area (Å²) in [5, 5.41) is 0. The second-order valence-corrected chi connectivity index (χ2v) is 3.57. The lowest BCUT2D eigenvalue weighted by Crippen LogP contribution is -2.17. The van der Waals surface area contributed by atoms with Gasteiger partial charge in [0.1, 0.15) is 6.10 Å². The zero-order valence-corrected chi connectivity index (χ0v) is 7.58. The molecule has 0 radical (unpaired) electrons. The number of hydrogen-bond donors (Lipinski definition) is 1. The third-order valence-electron chi connectivity index (χ3n) is 2.29. The molecule has 0 bridgehead atoms. The topological polar surface area (TPSA) is 52.3 Å². The molecule has 3 heteroatoms. The molecule has 1 aliphatic carbocycles. The highest BCUT2D eigenvalue weighted by molar-refractivity contribution is 5.69. The summed E-state index contributed by atoms with van der Waals surface area (Å²) in [6.45, 7) is 2.58. The van der Waals surface area contributed by atoms with Crippen molar-refractivity contribution >= 4 is 5.97 Å². The fourth-order valence-corrected chi connectivity index (χ4v) is 1.62. The van der Waals surface area contributed by atoms with Crippen LogP contribution in [0, 0.1) is 5.92 Å². The molecule has 70 valence electrons. The first-order valence-electron chi connectivity index (χ1n) is 4.62. The van der Waals surface area contributed by atoms with Crippen molar-refractivity contribution in [3.05, 3.63) is 0 Å². The van der Waals surface area contributed by atoms with Gasteiger partial charge < -0.3 is 10.5 Å². The van der Waals surface area contributed by atoms with Gasteiger partial charge in [0.25, 0.3) is 0 Å². The molecular formula is C9H17NO2. The van der Waals surface area contributed by atoms with Crippen molar-refractivity contribution in [3.8, 4) is 0 Å². The summed E-state index contributed by atoms with van der Waals surface area (Å²) in [6, 6.07) is 0. The minimum atomic E-state index is -0.142. The first kappa shape index (κ1) is 9.52. The first-order valence-corrected chi connectivity index (χ1v) is 4.62. The molecular weight excluding hydrogens is 154 g/mol. The first-order chi connectivity index (χ1) is 5.72. The van der Waals surface area contributed by atoms with E-state index in [2.05, 4.69) is 6.92 Å². The molecule has 1 rings (SSSR count). The zero-order valence-electron chi connectivity index (χ0n) is 7.58. The number of esters is 1. The van der Waals surface area contributed by atoms with Crippen LogP contribution in [0.2, 0.25) is 0 Å². The Morgan fingerprint density at radius 2 is 2.33 bits per heavy atom. The van der Waals surface area contributed by atoms with E-state index in [0.717, 1.165) is 12.8 Å². The van der Waals surface area contributed by atoms with Gasteiger partial charge in [-0.2, -0.15) is 0 Å². The van der Waals surface area contributed by atoms with E-state index in [-0.39, 0.29) is 12.1 Å². The van der Waals surface area contributed by atoms with Crippen LogP contribution in [-0.2, 0) is 9.53 Å². The Labute approximate surface area is 73.3 Å². The number of carbonyl (C=O) groups excluding carboxylic acids is 1. The van der Waals surface area contributed by atoms with Crippen molar-refractivity contribution in [3.63, 3.8) is 0 Å². The molecule has 0 amide bonds. The zero-order chi connectivity index (χ0) is 8.97. The predicted molar refractivity (Wildman–Crippen MR) is 46.6 cm³/mol. The van der Waals surface area contributed by atoms with Crippen molar-refractivity contribution in [2.75, 3.05) is 6.54 Å². The Morgan fingerprint density at radius 1 is 1.58 bits per heavy atom. The van der Waals surface area contributed by atoms with Crippen LogP contribution in [0.5, 0.6) is 0 Å². The van der Waals surface area contributed by atoms with Crippen LogP contribution < -0.4 is 5.73 Å². The standard InChI is InChI=1S/C9H17NO2/c1-7-2-3-8(6-7)12-9(11)4-5-10/h7-8H,2-6,10H2,1H3. The normalized spacial score (nSPS) is 28.8. The van der Waals surface area contributed by atoms with Crippen LogP contribution in [0.25, 0.3) is 0 Å². The second-order valence-electron chi connectivity index (χ2n) is 3.57. The third-order valence-corrected chi connectivity index (χ3v) is 2.29. The molecule has 0 aromatic carbocycles. The van der Waals surface area contributed by atoms with Crippen molar-refractivity contribution in [1.82, 2.24) is 0 Å². The molecule has 2 unspecified atom stereocenters. The fourth-order valence-electron chi connectivity index (χ4n) is 1.62. The van der Waals surface area contributed by atoms with Crippen molar-refractivity contribution in [1.29, 1.82) is 0 Å². The summed E-state index contributed by atoms with van der Waals surface area (Å²) in [6.07, 6.45) is 3.75. The van der Waals surface area contributed by atoms with Crippen LogP contribution in [0.4, 0.5) is 0 Å². The maximum atomic E-state index is 11.0. The lowest BCUT2D eigenvalue weighted by atomic mass is 10.1. The summed E-state index contributed by atoms with van der Waals surface area (Å²) < 4.78 is 5.20. The highest BCUT2D eigenvalue weighted by Gasteiger charge is 2.23. The highest BCUT2D eigenvalue weighted by atomic mass is 16.5. The summed E-state index contributed by atoms with van der Waals surface area (Å²) >= 11 is 0. The van der Waals surface area contributed by atoms with Gasteiger partial charge in [-0.1, -0.05) is 6.92 Å². The average molecular weight is 171 g/mol. The Bertz CT molecular complexity index is 159. The van der Waals surface area contributed by atoms with E-state index < -0.39 is 0 Å². The highest BCUT2D eigenvalue weighted by Crippen LogP contribution is 2.27. The van der Waals surface area contributed by atoms with Gasteiger partial charge in [0.15, 0.2) is 0 Å². The molecule has 0 spiro atoms. The molecule has 12 heavy (non-hydrogen) atoms. The van der Waals surface area contributed by atoms with Crippen LogP contribution >= 0.6 is 0 Å². The van der Waals surface area contributed by atoms with Gasteiger partial charge >= 0.3 is 5.97 Å². The minimum absolute atomic E-state index is 0.142. The Kier molecular flexibility index (Phi) is 3.53. The monoisotopic (exact) mass is 171 g/mol. The van der Waals surface area contributed by atoms with Gasteiger partial charge in [-0.3, -0.25) is 4.79 Å². The summed E-state index contributed by atoms with van der Waals surface area (Å²) in [4.78, 5) is 11.0. The lowest BCUT2D eigenvalue weighted by Gasteiger charge is -2.10. The summed E-state index contributed by atoms with van der Waals surface area (Å²) in [5.74, 6) is 0.567. The molecule has 2 atom stereocenters. The van der Waals surface area contributed by atoms with E-state index in [4.69, 9.17) is 10.5 Å². The smallest absolute Gasteiger partial charge is 0.307 e. The van der Waals surface area contributed by atoms with Gasteiger partial charge in [-0.05, 0) is 25.2 Å². The van der Waals surface area contributed by atoms with Gasteiger partial charge in [-0.15, -0.1) is 0 Å². The van der Waals surface area contributed by atoms with Crippen LogP contribution in [0.15, 0.2) is 0 Å². The van der Waals surface area contributed by atoms with Crippen LogP contribution in [0.1, 0.15) is 32.6 Å². The third kappa shape index (κ3) is 2.81. The Morgan fingerprint density at radius 3 is 2.83 bits per heavy atom. The van der Waals surface area contributed by atoms with E-state index in [1.807, 2.05) is 0 Å². The summed E-state index contributed by atoms with van der Waals surface area (Å²) in [5.41, 5.74) is 5.23. The number of nitrogens with two attached hydrogens (primary N) is 1. The van der Waals surface area contributed by atoms with Crippen molar-refractivity contribution < 1.29 is 9.53 Å². The molecule has 1 aliphatic rings. The quantitative estimate of drug-likeness (QED) is 0.646. The predicted octanol–water partition coefficient (Wildman–Crippen LogP) is 1.07. The second kappa shape index (κ2) is 4.45. The molecule has 0 heterocycles. The van der Waals surface area contributed by atoms with Crippen LogP contribution in [0.3, 0.4) is 0 Å².